The lowest BCUT2D eigenvalue weighted by molar-refractivity contribution is -0.432. The fourth-order valence-electron chi connectivity index (χ4n) is 4.25. The molecule has 1 heterocycles. The van der Waals surface area contributed by atoms with Gasteiger partial charge in [-0.05, 0) is 81.6 Å². The van der Waals surface area contributed by atoms with Crippen molar-refractivity contribution in [3.63, 3.8) is 0 Å². The van der Waals surface area contributed by atoms with Gasteiger partial charge in [0.05, 0.1) is 12.0 Å². The third-order valence-electron chi connectivity index (χ3n) is 6.33. The minimum atomic E-state index is -0.279. The van der Waals surface area contributed by atoms with Crippen molar-refractivity contribution in [1.82, 2.24) is 0 Å². The van der Waals surface area contributed by atoms with Crippen molar-refractivity contribution in [2.24, 2.45) is 11.8 Å². The van der Waals surface area contributed by atoms with Gasteiger partial charge in [0.2, 0.25) is 0 Å². The highest BCUT2D eigenvalue weighted by Gasteiger charge is 2.33. The van der Waals surface area contributed by atoms with Crippen molar-refractivity contribution in [3.8, 4) is 11.5 Å². The normalized spacial score (nSPS) is 19.5. The molecule has 31 heavy (non-hydrogen) atoms. The second-order valence-corrected chi connectivity index (χ2v) is 10.1. The molecule has 2 atom stereocenters. The Morgan fingerprint density at radius 1 is 1.13 bits per heavy atom. The van der Waals surface area contributed by atoms with Crippen LogP contribution < -0.4 is 9.47 Å². The van der Waals surface area contributed by atoms with E-state index in [0.717, 1.165) is 65.4 Å². The number of hydrogen-bond donors (Lipinski definition) is 1. The molecule has 0 amide bonds. The molecule has 1 aromatic carbocycles. The summed E-state index contributed by atoms with van der Waals surface area (Å²) >= 11 is 0.891. The molecule has 176 valence electrons. The molecule has 5 nitrogen and oxygen atoms in total. The lowest BCUT2D eigenvalue weighted by atomic mass is 9.86. The highest BCUT2D eigenvalue weighted by atomic mass is 32.2. The number of benzene rings is 1. The minimum Gasteiger partial charge on any atom is -0.483 e. The molecule has 1 N–H and O–H groups in total. The number of hydrogen-bond acceptors (Lipinski definition) is 6. The molecule has 1 aliphatic rings. The van der Waals surface area contributed by atoms with Crippen LogP contribution in [0.15, 0.2) is 12.2 Å². The second-order valence-electron chi connectivity index (χ2n) is 9.52. The Kier molecular flexibility index (Phi) is 10.2. The van der Waals surface area contributed by atoms with Gasteiger partial charge in [-0.2, -0.15) is 0 Å². The molecule has 2 rings (SSSR count). The van der Waals surface area contributed by atoms with Crippen LogP contribution in [0.3, 0.4) is 0 Å². The fraction of sp³-hybridized carbons (Fsp3) is 0.680. The van der Waals surface area contributed by atoms with E-state index in [9.17, 15) is 0 Å². The quantitative estimate of drug-likeness (QED) is 0.0884. The molecule has 0 saturated heterocycles. The van der Waals surface area contributed by atoms with Gasteiger partial charge in [-0.3, -0.25) is 0 Å². The van der Waals surface area contributed by atoms with Crippen molar-refractivity contribution in [3.05, 3.63) is 34.4 Å². The maximum Gasteiger partial charge on any atom is 0.162 e. The topological polar surface area (TPSA) is 57.2 Å². The Morgan fingerprint density at radius 3 is 2.55 bits per heavy atom. The van der Waals surface area contributed by atoms with E-state index in [-0.39, 0.29) is 11.5 Å². The van der Waals surface area contributed by atoms with Gasteiger partial charge >= 0.3 is 0 Å². The van der Waals surface area contributed by atoms with Crippen molar-refractivity contribution in [1.29, 1.82) is 0 Å². The summed E-state index contributed by atoms with van der Waals surface area (Å²) in [5, 5.41) is 11.9. The lowest BCUT2D eigenvalue weighted by Crippen LogP contribution is -2.35. The summed E-state index contributed by atoms with van der Waals surface area (Å²) in [5.74, 6) is 3.56. The summed E-state index contributed by atoms with van der Waals surface area (Å²) in [6.07, 6.45) is 11.5. The minimum absolute atomic E-state index is 0.219. The largest absolute Gasteiger partial charge is 0.483 e. The molecule has 0 aliphatic carbocycles. The monoisotopic (exact) mass is 452 g/mol. The second kappa shape index (κ2) is 12.1. The summed E-state index contributed by atoms with van der Waals surface area (Å²) < 4.78 is 16.9. The van der Waals surface area contributed by atoms with E-state index < -0.39 is 0 Å². The summed E-state index contributed by atoms with van der Waals surface area (Å²) in [6.45, 7) is 15.3. The van der Waals surface area contributed by atoms with Gasteiger partial charge in [-0.1, -0.05) is 51.1 Å². The van der Waals surface area contributed by atoms with Crippen molar-refractivity contribution < 1.29 is 24.1 Å². The number of rotatable bonds is 12. The number of allylic oxidation sites excluding steroid dienone is 1. The SMILES string of the molecule is Cc1c(C)c2c(c(C)c1OCSOOO)CCC(C)(C=CCC(C)CCCC(C)C)O2. The standard InChI is InChI=1S/C25H40O5S/c1-17(2)10-8-11-18(3)12-9-14-25(7)15-13-22-21(6)23(27-16-31-30-29-26)19(4)20(5)24(22)28-25/h9,14,17-18,26H,8,10-13,15-16H2,1-7H3. The third kappa shape index (κ3) is 7.41. The van der Waals surface area contributed by atoms with E-state index in [1.807, 2.05) is 0 Å². The summed E-state index contributed by atoms with van der Waals surface area (Å²) in [6, 6.07) is 0. The first-order valence-corrected chi connectivity index (χ1v) is 12.3. The van der Waals surface area contributed by atoms with Crippen molar-refractivity contribution >= 4 is 12.0 Å². The Bertz CT molecular complexity index is 746. The summed E-state index contributed by atoms with van der Waals surface area (Å²) in [4.78, 5) is 0. The van der Waals surface area contributed by atoms with Crippen LogP contribution >= 0.6 is 12.0 Å². The Balaban J connectivity index is 2.05. The predicted octanol–water partition coefficient (Wildman–Crippen LogP) is 7.51. The Morgan fingerprint density at radius 2 is 1.87 bits per heavy atom. The van der Waals surface area contributed by atoms with Crippen LogP contribution in [0.2, 0.25) is 0 Å². The van der Waals surface area contributed by atoms with E-state index >= 15 is 0 Å². The summed E-state index contributed by atoms with van der Waals surface area (Å²) in [5.41, 5.74) is 4.22. The van der Waals surface area contributed by atoms with Crippen LogP contribution in [0, 0.1) is 32.6 Å². The van der Waals surface area contributed by atoms with Crippen LogP contribution in [0.4, 0.5) is 0 Å². The molecule has 0 radical (unpaired) electrons. The predicted molar refractivity (Wildman–Crippen MR) is 128 cm³/mol. The molecule has 2 unspecified atom stereocenters. The van der Waals surface area contributed by atoms with E-state index in [1.54, 1.807) is 0 Å². The van der Waals surface area contributed by atoms with E-state index in [2.05, 4.69) is 70.0 Å². The average Bonchev–Trinajstić information content (AvgIpc) is 2.71. The molecule has 1 aliphatic heterocycles. The first-order chi connectivity index (χ1) is 14.7. The zero-order valence-electron chi connectivity index (χ0n) is 20.2. The van der Waals surface area contributed by atoms with Gasteiger partial charge in [0.1, 0.15) is 17.1 Å². The zero-order chi connectivity index (χ0) is 23.0. The van der Waals surface area contributed by atoms with Gasteiger partial charge in [-0.25, -0.2) is 5.26 Å². The van der Waals surface area contributed by atoms with Crippen LogP contribution in [0.5, 0.6) is 11.5 Å². The maximum atomic E-state index is 8.25. The highest BCUT2D eigenvalue weighted by molar-refractivity contribution is 7.94. The molecular formula is C25H40O5S. The van der Waals surface area contributed by atoms with Crippen molar-refractivity contribution in [2.75, 3.05) is 5.94 Å². The van der Waals surface area contributed by atoms with Gasteiger partial charge in [0.15, 0.2) is 5.94 Å². The maximum absolute atomic E-state index is 8.25. The first kappa shape index (κ1) is 26.0. The molecule has 0 aromatic heterocycles. The molecule has 0 bridgehead atoms. The van der Waals surface area contributed by atoms with Crippen LogP contribution in [-0.2, 0) is 15.8 Å². The van der Waals surface area contributed by atoms with E-state index in [4.69, 9.17) is 14.7 Å². The highest BCUT2D eigenvalue weighted by Crippen LogP contribution is 2.44. The zero-order valence-corrected chi connectivity index (χ0v) is 21.1. The van der Waals surface area contributed by atoms with Gasteiger partial charge in [-0.15, -0.1) is 4.33 Å². The van der Waals surface area contributed by atoms with Crippen LogP contribution in [0.25, 0.3) is 0 Å². The smallest absolute Gasteiger partial charge is 0.162 e. The number of ether oxygens (including phenoxy) is 2. The van der Waals surface area contributed by atoms with E-state index in [0.29, 0.717) is 5.92 Å². The molecule has 1 aromatic rings. The number of fused-ring (bicyclic) bond motifs is 1. The molecular weight excluding hydrogens is 412 g/mol. The van der Waals surface area contributed by atoms with Gasteiger partial charge in [0, 0.05) is 5.56 Å². The molecule has 0 fully saturated rings. The average molecular weight is 453 g/mol. The lowest BCUT2D eigenvalue weighted by Gasteiger charge is -2.36. The van der Waals surface area contributed by atoms with Gasteiger partial charge < -0.3 is 9.47 Å². The molecule has 0 spiro atoms. The third-order valence-corrected chi connectivity index (χ3v) is 6.71. The molecule has 6 heteroatoms. The molecule has 0 saturated carbocycles. The van der Waals surface area contributed by atoms with Crippen molar-refractivity contribution in [2.45, 2.75) is 92.6 Å². The van der Waals surface area contributed by atoms with E-state index in [1.165, 1.54) is 24.8 Å². The first-order valence-electron chi connectivity index (χ1n) is 11.4. The van der Waals surface area contributed by atoms with Gasteiger partial charge in [0.25, 0.3) is 0 Å². The Labute approximate surface area is 192 Å². The van der Waals surface area contributed by atoms with Crippen LogP contribution in [0.1, 0.15) is 82.1 Å². The van der Waals surface area contributed by atoms with Crippen LogP contribution in [-0.4, -0.2) is 16.8 Å². The fourth-order valence-corrected chi connectivity index (χ4v) is 4.50. The summed E-state index contributed by atoms with van der Waals surface area (Å²) in [7, 11) is 0. The Hall–Kier alpha value is -1.21.